The van der Waals surface area contributed by atoms with E-state index >= 15 is 0 Å². The van der Waals surface area contributed by atoms with Gasteiger partial charge >= 0.3 is 0 Å². The number of hydrogen-bond donors (Lipinski definition) is 1. The molecule has 1 heterocycles. The number of halogens is 2. The molecule has 1 fully saturated rings. The first-order chi connectivity index (χ1) is 9.57. The van der Waals surface area contributed by atoms with Crippen LogP contribution in [0, 0.1) is 11.2 Å². The maximum absolute atomic E-state index is 13.3. The summed E-state index contributed by atoms with van der Waals surface area (Å²) in [6.07, 6.45) is 3.86. The van der Waals surface area contributed by atoms with Crippen LogP contribution >= 0.6 is 11.6 Å². The first-order valence-corrected chi connectivity index (χ1v) is 7.63. The van der Waals surface area contributed by atoms with Crippen molar-refractivity contribution in [3.05, 3.63) is 34.6 Å². The van der Waals surface area contributed by atoms with Gasteiger partial charge in [-0.15, -0.1) is 0 Å². The molecule has 1 N–H and O–H groups in total. The predicted molar refractivity (Wildman–Crippen MR) is 79.6 cm³/mol. The lowest BCUT2D eigenvalue weighted by atomic mass is 9.70. The van der Waals surface area contributed by atoms with Crippen LogP contribution in [0.5, 0.6) is 0 Å². The summed E-state index contributed by atoms with van der Waals surface area (Å²) >= 11 is 6.07. The Morgan fingerprint density at radius 3 is 2.75 bits per heavy atom. The molecule has 20 heavy (non-hydrogen) atoms. The van der Waals surface area contributed by atoms with E-state index in [-0.39, 0.29) is 23.4 Å². The molecule has 0 saturated carbocycles. The number of ketones is 1. The van der Waals surface area contributed by atoms with Gasteiger partial charge in [0, 0.05) is 16.9 Å². The Kier molecular flexibility index (Phi) is 5.17. The highest BCUT2D eigenvalue weighted by Crippen LogP contribution is 2.36. The summed E-state index contributed by atoms with van der Waals surface area (Å²) in [6, 6.07) is 4.22. The van der Waals surface area contributed by atoms with Crippen molar-refractivity contribution in [2.45, 2.75) is 39.0 Å². The Labute approximate surface area is 124 Å². The second-order valence-corrected chi connectivity index (χ2v) is 6.02. The van der Waals surface area contributed by atoms with Gasteiger partial charge in [-0.1, -0.05) is 24.9 Å². The van der Waals surface area contributed by atoms with Gasteiger partial charge in [0.15, 0.2) is 0 Å². The van der Waals surface area contributed by atoms with Crippen molar-refractivity contribution >= 4 is 17.4 Å². The zero-order chi connectivity index (χ0) is 14.6. The molecule has 0 spiro atoms. The summed E-state index contributed by atoms with van der Waals surface area (Å²) < 4.78 is 13.3. The maximum Gasteiger partial charge on any atom is 0.143 e. The molecular weight excluding hydrogens is 277 g/mol. The molecule has 4 heteroatoms. The van der Waals surface area contributed by atoms with Crippen LogP contribution in [0.4, 0.5) is 4.39 Å². The molecule has 1 aromatic rings. The predicted octanol–water partition coefficient (Wildman–Crippen LogP) is 3.76. The standard InChI is InChI=1S/C16H21ClFNO/c1-2-5-16(6-8-19-9-7-16)15(20)11-12-10-13(18)3-4-14(12)17/h3-4,10,19H,2,5-9,11H2,1H3. The summed E-state index contributed by atoms with van der Waals surface area (Å²) in [4.78, 5) is 12.7. The largest absolute Gasteiger partial charge is 0.317 e. The smallest absolute Gasteiger partial charge is 0.143 e. The topological polar surface area (TPSA) is 29.1 Å². The molecule has 0 atom stereocenters. The second-order valence-electron chi connectivity index (χ2n) is 5.62. The molecule has 0 aromatic heterocycles. The molecule has 0 bridgehead atoms. The van der Waals surface area contributed by atoms with Crippen LogP contribution in [-0.4, -0.2) is 18.9 Å². The third kappa shape index (κ3) is 3.39. The lowest BCUT2D eigenvalue weighted by Crippen LogP contribution is -2.42. The van der Waals surface area contributed by atoms with Crippen LogP contribution < -0.4 is 5.32 Å². The summed E-state index contributed by atoms with van der Waals surface area (Å²) in [5.74, 6) is -0.139. The summed E-state index contributed by atoms with van der Waals surface area (Å²) in [5.41, 5.74) is 0.348. The van der Waals surface area contributed by atoms with Crippen molar-refractivity contribution in [1.82, 2.24) is 5.32 Å². The van der Waals surface area contributed by atoms with E-state index in [1.165, 1.54) is 18.2 Å². The minimum absolute atomic E-state index is 0.202. The molecule has 1 aliphatic heterocycles. The van der Waals surface area contributed by atoms with Gasteiger partial charge in [-0.3, -0.25) is 4.79 Å². The van der Waals surface area contributed by atoms with Crippen molar-refractivity contribution in [2.24, 2.45) is 5.41 Å². The van der Waals surface area contributed by atoms with Gasteiger partial charge < -0.3 is 5.32 Å². The number of benzene rings is 1. The van der Waals surface area contributed by atoms with Crippen LogP contribution in [0.1, 0.15) is 38.2 Å². The van der Waals surface area contributed by atoms with E-state index in [0.717, 1.165) is 38.8 Å². The van der Waals surface area contributed by atoms with E-state index in [2.05, 4.69) is 12.2 Å². The molecule has 1 aliphatic rings. The molecule has 1 aromatic carbocycles. The Morgan fingerprint density at radius 2 is 2.10 bits per heavy atom. The first kappa shape index (κ1) is 15.5. The average molecular weight is 298 g/mol. The van der Waals surface area contributed by atoms with Gasteiger partial charge in [-0.05, 0) is 56.1 Å². The first-order valence-electron chi connectivity index (χ1n) is 7.25. The molecule has 2 nitrogen and oxygen atoms in total. The average Bonchev–Trinajstić information content (AvgIpc) is 2.44. The van der Waals surface area contributed by atoms with E-state index in [0.29, 0.717) is 10.6 Å². The monoisotopic (exact) mass is 297 g/mol. The number of nitrogens with one attached hydrogen (secondary N) is 1. The van der Waals surface area contributed by atoms with Gasteiger partial charge in [-0.2, -0.15) is 0 Å². The second kappa shape index (κ2) is 6.68. The van der Waals surface area contributed by atoms with Crippen LogP contribution in [0.15, 0.2) is 18.2 Å². The lowest BCUT2D eigenvalue weighted by Gasteiger charge is -2.36. The van der Waals surface area contributed by atoms with Gasteiger partial charge in [0.05, 0.1) is 0 Å². The fourth-order valence-electron chi connectivity index (χ4n) is 3.09. The zero-order valence-corrected chi connectivity index (χ0v) is 12.6. The van der Waals surface area contributed by atoms with Crippen LogP contribution in [0.2, 0.25) is 5.02 Å². The third-order valence-electron chi connectivity index (χ3n) is 4.24. The van der Waals surface area contributed by atoms with Crippen molar-refractivity contribution in [2.75, 3.05) is 13.1 Å². The van der Waals surface area contributed by atoms with Crippen LogP contribution in [0.3, 0.4) is 0 Å². The number of carbonyl (C=O) groups excluding carboxylic acids is 1. The van der Waals surface area contributed by atoms with Crippen molar-refractivity contribution < 1.29 is 9.18 Å². The van der Waals surface area contributed by atoms with Crippen molar-refractivity contribution in [3.8, 4) is 0 Å². The Bertz CT molecular complexity index is 478. The van der Waals surface area contributed by atoms with Gasteiger partial charge in [0.2, 0.25) is 0 Å². The highest BCUT2D eigenvalue weighted by Gasteiger charge is 2.38. The van der Waals surface area contributed by atoms with Crippen LogP contribution in [-0.2, 0) is 11.2 Å². The molecule has 0 amide bonds. The Hall–Kier alpha value is -0.930. The molecule has 0 aliphatic carbocycles. The van der Waals surface area contributed by atoms with Crippen molar-refractivity contribution in [3.63, 3.8) is 0 Å². The minimum Gasteiger partial charge on any atom is -0.317 e. The van der Waals surface area contributed by atoms with E-state index < -0.39 is 0 Å². The molecule has 1 saturated heterocycles. The molecule has 2 rings (SSSR count). The highest BCUT2D eigenvalue weighted by atomic mass is 35.5. The normalized spacial score (nSPS) is 17.9. The molecule has 110 valence electrons. The summed E-state index contributed by atoms with van der Waals surface area (Å²) in [5, 5.41) is 3.77. The fourth-order valence-corrected chi connectivity index (χ4v) is 3.28. The number of hydrogen-bond acceptors (Lipinski definition) is 2. The summed E-state index contributed by atoms with van der Waals surface area (Å²) in [6.45, 7) is 3.86. The van der Waals surface area contributed by atoms with E-state index in [9.17, 15) is 9.18 Å². The number of carbonyl (C=O) groups is 1. The number of piperidine rings is 1. The third-order valence-corrected chi connectivity index (χ3v) is 4.61. The van der Waals surface area contributed by atoms with Gasteiger partial charge in [0.25, 0.3) is 0 Å². The fraction of sp³-hybridized carbons (Fsp3) is 0.562. The van der Waals surface area contributed by atoms with E-state index in [1.807, 2.05) is 0 Å². The number of rotatable bonds is 5. The highest BCUT2D eigenvalue weighted by molar-refractivity contribution is 6.31. The van der Waals surface area contributed by atoms with E-state index in [1.54, 1.807) is 0 Å². The lowest BCUT2D eigenvalue weighted by molar-refractivity contribution is -0.130. The molecule has 0 unspecified atom stereocenters. The Morgan fingerprint density at radius 1 is 1.40 bits per heavy atom. The maximum atomic E-state index is 13.3. The van der Waals surface area contributed by atoms with E-state index in [4.69, 9.17) is 11.6 Å². The van der Waals surface area contributed by atoms with Crippen LogP contribution in [0.25, 0.3) is 0 Å². The van der Waals surface area contributed by atoms with Crippen molar-refractivity contribution in [1.29, 1.82) is 0 Å². The minimum atomic E-state index is -0.341. The van der Waals surface area contributed by atoms with Gasteiger partial charge in [-0.25, -0.2) is 4.39 Å². The number of Topliss-reactive ketones (excluding diaryl/α,β-unsaturated/α-hetero) is 1. The molecular formula is C16H21ClFNO. The Balaban J connectivity index is 2.18. The quantitative estimate of drug-likeness (QED) is 0.896. The van der Waals surface area contributed by atoms with Gasteiger partial charge in [0.1, 0.15) is 11.6 Å². The summed E-state index contributed by atoms with van der Waals surface area (Å²) in [7, 11) is 0. The zero-order valence-electron chi connectivity index (χ0n) is 11.8. The molecule has 0 radical (unpaired) electrons. The SMILES string of the molecule is CCCC1(C(=O)Cc2cc(F)ccc2Cl)CCNCC1.